The van der Waals surface area contributed by atoms with Crippen molar-refractivity contribution >= 4 is 22.0 Å². The molecule has 0 saturated carbocycles. The number of sulfonamides is 1. The molecular weight excluding hydrogens is 274 g/mol. The number of aliphatic carboxylic acids is 1. The Morgan fingerprint density at radius 2 is 2.11 bits per heavy atom. The second-order valence-electron chi connectivity index (χ2n) is 4.41. The zero-order chi connectivity index (χ0) is 14.5. The molecule has 1 aliphatic heterocycles. The van der Waals surface area contributed by atoms with Gasteiger partial charge in [0.05, 0.1) is 24.7 Å². The van der Waals surface area contributed by atoms with Crippen LogP contribution in [0.2, 0.25) is 0 Å². The molecule has 0 bridgehead atoms. The molecule has 0 aliphatic carbocycles. The number of nitrogens with zero attached hydrogens (tertiary/aromatic N) is 1. The van der Waals surface area contributed by atoms with Gasteiger partial charge in [0.2, 0.25) is 10.0 Å². The number of hydrogen-bond donors (Lipinski definition) is 1. The van der Waals surface area contributed by atoms with Crippen molar-refractivity contribution in [3.63, 3.8) is 0 Å². The average Bonchev–Trinajstić information content (AvgIpc) is 2.37. The van der Waals surface area contributed by atoms with Crippen molar-refractivity contribution in [3.05, 3.63) is 0 Å². The van der Waals surface area contributed by atoms with Crippen LogP contribution in [0.5, 0.6) is 0 Å². The van der Waals surface area contributed by atoms with Crippen molar-refractivity contribution in [3.8, 4) is 0 Å². The highest BCUT2D eigenvalue weighted by molar-refractivity contribution is 7.89. The first-order chi connectivity index (χ1) is 8.86. The van der Waals surface area contributed by atoms with Crippen LogP contribution in [0.3, 0.4) is 0 Å². The first-order valence-corrected chi connectivity index (χ1v) is 7.84. The van der Waals surface area contributed by atoms with Crippen LogP contribution in [-0.2, 0) is 24.3 Å². The Balaban J connectivity index is 2.56. The third kappa shape index (κ3) is 4.79. The molecule has 0 aromatic heterocycles. The summed E-state index contributed by atoms with van der Waals surface area (Å²) < 4.78 is 29.8. The minimum atomic E-state index is -3.59. The fraction of sp³-hybridized carbons (Fsp3) is 0.818. The van der Waals surface area contributed by atoms with Crippen molar-refractivity contribution in [2.75, 3.05) is 25.4 Å². The molecule has 1 aliphatic rings. The maximum atomic E-state index is 12.0. The van der Waals surface area contributed by atoms with Crippen LogP contribution in [0, 0.1) is 5.92 Å². The van der Waals surface area contributed by atoms with Crippen LogP contribution in [-0.4, -0.2) is 55.2 Å². The topological polar surface area (TPSA) is 101 Å². The van der Waals surface area contributed by atoms with E-state index in [-0.39, 0.29) is 25.3 Å². The van der Waals surface area contributed by atoms with E-state index in [0.717, 1.165) is 4.31 Å². The molecule has 0 aromatic rings. The number of carbonyl (C=O) groups excluding carboxylic acids is 1. The maximum Gasteiger partial charge on any atom is 0.307 e. The van der Waals surface area contributed by atoms with E-state index < -0.39 is 27.9 Å². The van der Waals surface area contributed by atoms with Gasteiger partial charge in [-0.05, 0) is 19.8 Å². The molecule has 19 heavy (non-hydrogen) atoms. The molecule has 1 atom stereocenters. The Bertz CT molecular complexity index is 432. The fourth-order valence-electron chi connectivity index (χ4n) is 1.97. The molecule has 1 rings (SSSR count). The number of ether oxygens (including phenoxy) is 1. The van der Waals surface area contributed by atoms with Crippen molar-refractivity contribution in [1.82, 2.24) is 4.31 Å². The Hall–Kier alpha value is -1.15. The van der Waals surface area contributed by atoms with Gasteiger partial charge in [0.25, 0.3) is 0 Å². The van der Waals surface area contributed by atoms with Gasteiger partial charge in [0.1, 0.15) is 0 Å². The Morgan fingerprint density at radius 3 is 2.68 bits per heavy atom. The highest BCUT2D eigenvalue weighted by Gasteiger charge is 2.32. The maximum absolute atomic E-state index is 12.0. The monoisotopic (exact) mass is 293 g/mol. The van der Waals surface area contributed by atoms with E-state index in [4.69, 9.17) is 5.11 Å². The number of piperidine rings is 1. The van der Waals surface area contributed by atoms with E-state index in [1.807, 2.05) is 0 Å². The summed E-state index contributed by atoms with van der Waals surface area (Å²) >= 11 is 0. The summed E-state index contributed by atoms with van der Waals surface area (Å²) in [4.78, 5) is 22.0. The molecule has 0 amide bonds. The Kier molecular flexibility index (Phi) is 5.74. The van der Waals surface area contributed by atoms with Gasteiger partial charge in [-0.1, -0.05) is 0 Å². The first-order valence-electron chi connectivity index (χ1n) is 6.23. The molecule has 1 heterocycles. The third-order valence-electron chi connectivity index (χ3n) is 3.00. The molecule has 0 spiro atoms. The van der Waals surface area contributed by atoms with Crippen LogP contribution >= 0.6 is 0 Å². The van der Waals surface area contributed by atoms with Crippen molar-refractivity contribution < 1.29 is 27.9 Å². The molecule has 8 heteroatoms. The first kappa shape index (κ1) is 15.9. The summed E-state index contributed by atoms with van der Waals surface area (Å²) in [5.74, 6) is -2.53. The second-order valence-corrected chi connectivity index (χ2v) is 6.49. The lowest BCUT2D eigenvalue weighted by molar-refractivity contribution is -0.143. The summed E-state index contributed by atoms with van der Waals surface area (Å²) in [7, 11) is -3.59. The number of carboxylic acid groups (broad SMARTS) is 1. The standard InChI is InChI=1S/C11H19NO6S/c1-2-18-10(13)5-7-19(16,17)12-6-3-4-9(8-12)11(14)15/h9H,2-8H2,1H3,(H,14,15). The van der Waals surface area contributed by atoms with Gasteiger partial charge in [-0.25, -0.2) is 12.7 Å². The SMILES string of the molecule is CCOC(=O)CCS(=O)(=O)N1CCCC(C(=O)O)C1. The zero-order valence-corrected chi connectivity index (χ0v) is 11.7. The largest absolute Gasteiger partial charge is 0.481 e. The van der Waals surface area contributed by atoms with E-state index in [9.17, 15) is 18.0 Å². The molecule has 0 aromatic carbocycles. The number of esters is 1. The molecule has 1 N–H and O–H groups in total. The van der Waals surface area contributed by atoms with Crippen LogP contribution in [0.15, 0.2) is 0 Å². The lowest BCUT2D eigenvalue weighted by Gasteiger charge is -2.29. The van der Waals surface area contributed by atoms with Gasteiger partial charge < -0.3 is 9.84 Å². The number of rotatable bonds is 6. The smallest absolute Gasteiger partial charge is 0.307 e. The minimum absolute atomic E-state index is 0.0134. The molecule has 0 radical (unpaired) electrons. The van der Waals surface area contributed by atoms with Gasteiger partial charge in [-0.2, -0.15) is 0 Å². The van der Waals surface area contributed by atoms with Gasteiger partial charge in [0.15, 0.2) is 0 Å². The van der Waals surface area contributed by atoms with E-state index in [0.29, 0.717) is 19.4 Å². The lowest BCUT2D eigenvalue weighted by atomic mass is 10.0. The average molecular weight is 293 g/mol. The fourth-order valence-corrected chi connectivity index (χ4v) is 3.47. The highest BCUT2D eigenvalue weighted by Crippen LogP contribution is 2.20. The molecule has 1 fully saturated rings. The van der Waals surface area contributed by atoms with E-state index >= 15 is 0 Å². The van der Waals surface area contributed by atoms with Crippen LogP contribution < -0.4 is 0 Å². The summed E-state index contributed by atoms with van der Waals surface area (Å²) in [5.41, 5.74) is 0. The predicted molar refractivity (Wildman–Crippen MR) is 67.0 cm³/mol. The third-order valence-corrected chi connectivity index (χ3v) is 4.83. The van der Waals surface area contributed by atoms with Crippen LogP contribution in [0.25, 0.3) is 0 Å². The molecule has 1 unspecified atom stereocenters. The van der Waals surface area contributed by atoms with Crippen molar-refractivity contribution in [1.29, 1.82) is 0 Å². The van der Waals surface area contributed by atoms with Gasteiger partial charge >= 0.3 is 11.9 Å². The zero-order valence-electron chi connectivity index (χ0n) is 10.9. The molecule has 7 nitrogen and oxygen atoms in total. The molecular formula is C11H19NO6S. The Morgan fingerprint density at radius 1 is 1.42 bits per heavy atom. The van der Waals surface area contributed by atoms with E-state index in [2.05, 4.69) is 4.74 Å². The predicted octanol–water partition coefficient (Wildman–Crippen LogP) is 0.0660. The summed E-state index contributed by atoms with van der Waals surface area (Å²) in [6, 6.07) is 0. The van der Waals surface area contributed by atoms with Crippen molar-refractivity contribution in [2.24, 2.45) is 5.92 Å². The Labute approximate surface area is 112 Å². The van der Waals surface area contributed by atoms with Gasteiger partial charge in [-0.3, -0.25) is 9.59 Å². The number of carboxylic acids is 1. The number of hydrogen-bond acceptors (Lipinski definition) is 5. The molecule has 110 valence electrons. The number of carbonyl (C=O) groups is 2. The lowest BCUT2D eigenvalue weighted by Crippen LogP contribution is -2.43. The van der Waals surface area contributed by atoms with E-state index in [1.165, 1.54) is 0 Å². The quantitative estimate of drug-likeness (QED) is 0.695. The van der Waals surface area contributed by atoms with Gasteiger partial charge in [0, 0.05) is 13.1 Å². The summed E-state index contributed by atoms with van der Waals surface area (Å²) in [6.45, 7) is 2.16. The second kappa shape index (κ2) is 6.85. The van der Waals surface area contributed by atoms with Crippen molar-refractivity contribution in [2.45, 2.75) is 26.2 Å². The normalized spacial score (nSPS) is 21.0. The highest BCUT2D eigenvalue weighted by atomic mass is 32.2. The minimum Gasteiger partial charge on any atom is -0.481 e. The van der Waals surface area contributed by atoms with Gasteiger partial charge in [-0.15, -0.1) is 0 Å². The summed E-state index contributed by atoms with van der Waals surface area (Å²) in [6.07, 6.45) is 0.805. The van der Waals surface area contributed by atoms with Crippen LogP contribution in [0.1, 0.15) is 26.2 Å². The molecule has 1 saturated heterocycles. The van der Waals surface area contributed by atoms with E-state index in [1.54, 1.807) is 6.92 Å². The summed E-state index contributed by atoms with van der Waals surface area (Å²) in [5, 5.41) is 8.91. The van der Waals surface area contributed by atoms with Crippen LogP contribution in [0.4, 0.5) is 0 Å².